The molecular formula is C22H21FN4O3. The van der Waals surface area contributed by atoms with Gasteiger partial charge in [0.05, 0.1) is 6.04 Å². The van der Waals surface area contributed by atoms with Gasteiger partial charge in [-0.2, -0.15) is 0 Å². The fourth-order valence-corrected chi connectivity index (χ4v) is 2.78. The summed E-state index contributed by atoms with van der Waals surface area (Å²) >= 11 is 0. The van der Waals surface area contributed by atoms with Crippen LogP contribution >= 0.6 is 0 Å². The molecule has 8 heteroatoms. The molecule has 2 heterocycles. The second-order valence-corrected chi connectivity index (χ2v) is 6.82. The van der Waals surface area contributed by atoms with E-state index >= 15 is 0 Å². The molecule has 0 saturated carbocycles. The number of nitrogens with zero attached hydrogens (tertiary/aromatic N) is 1. The van der Waals surface area contributed by atoms with Crippen molar-refractivity contribution in [3.8, 4) is 0 Å². The average Bonchev–Trinajstić information content (AvgIpc) is 2.75. The highest BCUT2D eigenvalue weighted by atomic mass is 19.1. The van der Waals surface area contributed by atoms with Crippen LogP contribution in [0.25, 0.3) is 0 Å². The van der Waals surface area contributed by atoms with Gasteiger partial charge in [-0.05, 0) is 62.0 Å². The van der Waals surface area contributed by atoms with Gasteiger partial charge in [-0.15, -0.1) is 0 Å². The Morgan fingerprint density at radius 1 is 1.10 bits per heavy atom. The zero-order valence-electron chi connectivity index (χ0n) is 16.5. The number of aromatic nitrogens is 2. The van der Waals surface area contributed by atoms with E-state index in [0.29, 0.717) is 23.2 Å². The Labute approximate surface area is 172 Å². The molecule has 1 amide bonds. The van der Waals surface area contributed by atoms with Crippen LogP contribution in [0.5, 0.6) is 0 Å². The number of hydrogen-bond acceptors (Lipinski definition) is 5. The van der Waals surface area contributed by atoms with E-state index < -0.39 is 17.4 Å². The standard InChI is InChI=1S/C22H21FN4O3/c1-13(24-2)21(29)27-19-8-7-18(26-22(19)30)10-14-9-16(12-25-11-14)20(28)15-3-5-17(23)6-4-15/h3-9,11-13,24H,10H2,1-2H3,(H,26,30)(H,27,29)/t13-/m0/s1. The number of hydrogen-bond donors (Lipinski definition) is 3. The minimum atomic E-state index is -0.434. The molecule has 0 bridgehead atoms. The van der Waals surface area contributed by atoms with E-state index in [1.54, 1.807) is 32.3 Å². The highest BCUT2D eigenvalue weighted by Crippen LogP contribution is 2.14. The Balaban J connectivity index is 1.75. The lowest BCUT2D eigenvalue weighted by atomic mass is 10.0. The number of rotatable bonds is 7. The topological polar surface area (TPSA) is 104 Å². The quantitative estimate of drug-likeness (QED) is 0.521. The van der Waals surface area contributed by atoms with Crippen LogP contribution in [0.15, 0.2) is 59.7 Å². The first-order chi connectivity index (χ1) is 14.4. The number of benzene rings is 1. The smallest absolute Gasteiger partial charge is 0.271 e. The summed E-state index contributed by atoms with van der Waals surface area (Å²) in [6, 6.07) is 9.77. The molecule has 154 valence electrons. The highest BCUT2D eigenvalue weighted by Gasteiger charge is 2.13. The largest absolute Gasteiger partial charge is 0.324 e. The first-order valence-corrected chi connectivity index (χ1v) is 9.32. The maximum Gasteiger partial charge on any atom is 0.271 e. The fourth-order valence-electron chi connectivity index (χ4n) is 2.78. The van der Waals surface area contributed by atoms with Crippen molar-refractivity contribution in [3.05, 3.63) is 93.4 Å². The summed E-state index contributed by atoms with van der Waals surface area (Å²) in [5.74, 6) is -0.996. The van der Waals surface area contributed by atoms with Gasteiger partial charge < -0.3 is 15.6 Å². The number of carbonyl (C=O) groups excluding carboxylic acids is 2. The lowest BCUT2D eigenvalue weighted by Crippen LogP contribution is -2.36. The first-order valence-electron chi connectivity index (χ1n) is 9.32. The molecular weight excluding hydrogens is 387 g/mol. The molecule has 30 heavy (non-hydrogen) atoms. The number of anilines is 1. The molecule has 3 N–H and O–H groups in total. The molecule has 7 nitrogen and oxygen atoms in total. The van der Waals surface area contributed by atoms with Crippen molar-refractivity contribution in [1.29, 1.82) is 0 Å². The van der Waals surface area contributed by atoms with Crippen molar-refractivity contribution >= 4 is 17.4 Å². The SMILES string of the molecule is CN[C@@H](C)C(=O)Nc1ccc(Cc2cncc(C(=O)c3ccc(F)cc3)c2)[nH]c1=O. The maximum atomic E-state index is 13.1. The van der Waals surface area contributed by atoms with Crippen molar-refractivity contribution < 1.29 is 14.0 Å². The average molecular weight is 408 g/mol. The number of H-pyrrole nitrogens is 1. The molecule has 0 unspecified atom stereocenters. The van der Waals surface area contributed by atoms with Crippen LogP contribution in [0.4, 0.5) is 10.1 Å². The first kappa shape index (κ1) is 21.1. The number of pyridine rings is 2. The molecule has 0 aliphatic rings. The second kappa shape index (κ2) is 9.23. The predicted molar refractivity (Wildman–Crippen MR) is 111 cm³/mol. The van der Waals surface area contributed by atoms with Gasteiger partial charge in [-0.25, -0.2) is 4.39 Å². The van der Waals surface area contributed by atoms with Crippen LogP contribution in [-0.2, 0) is 11.2 Å². The van der Waals surface area contributed by atoms with Gasteiger partial charge in [0.15, 0.2) is 5.78 Å². The summed E-state index contributed by atoms with van der Waals surface area (Å²) in [6.45, 7) is 1.69. The van der Waals surface area contributed by atoms with Crippen molar-refractivity contribution in [1.82, 2.24) is 15.3 Å². The molecule has 0 aliphatic carbocycles. The number of amides is 1. The van der Waals surface area contributed by atoms with E-state index in [-0.39, 0.29) is 17.4 Å². The molecule has 0 saturated heterocycles. The molecule has 3 aromatic rings. The summed E-state index contributed by atoms with van der Waals surface area (Å²) < 4.78 is 13.1. The Bertz CT molecular complexity index is 1130. The molecule has 3 rings (SSSR count). The lowest BCUT2D eigenvalue weighted by Gasteiger charge is -2.11. The van der Waals surface area contributed by atoms with Gasteiger partial charge in [-0.3, -0.25) is 19.4 Å². The maximum absolute atomic E-state index is 13.1. The van der Waals surface area contributed by atoms with E-state index in [0.717, 1.165) is 5.56 Å². The van der Waals surface area contributed by atoms with Gasteiger partial charge in [0.1, 0.15) is 11.5 Å². The fraction of sp³-hybridized carbons (Fsp3) is 0.182. The summed E-state index contributed by atoms with van der Waals surface area (Å²) in [7, 11) is 1.65. The normalized spacial score (nSPS) is 11.7. The molecule has 1 aromatic carbocycles. The number of ketones is 1. The highest BCUT2D eigenvalue weighted by molar-refractivity contribution is 6.08. The number of aromatic amines is 1. The Morgan fingerprint density at radius 2 is 1.83 bits per heavy atom. The molecule has 2 aromatic heterocycles. The minimum Gasteiger partial charge on any atom is -0.324 e. The Morgan fingerprint density at radius 3 is 2.50 bits per heavy atom. The van der Waals surface area contributed by atoms with Gasteiger partial charge in [-0.1, -0.05) is 0 Å². The molecule has 0 fully saturated rings. The third-order valence-corrected chi connectivity index (χ3v) is 4.61. The van der Waals surface area contributed by atoms with Gasteiger partial charge in [0.2, 0.25) is 5.91 Å². The summed E-state index contributed by atoms with van der Waals surface area (Å²) in [5, 5.41) is 5.37. The van der Waals surface area contributed by atoms with Crippen molar-refractivity contribution in [2.24, 2.45) is 0 Å². The van der Waals surface area contributed by atoms with Crippen molar-refractivity contribution in [2.75, 3.05) is 12.4 Å². The van der Waals surface area contributed by atoms with E-state index in [9.17, 15) is 18.8 Å². The number of halogens is 1. The van der Waals surface area contributed by atoms with Crippen molar-refractivity contribution in [3.63, 3.8) is 0 Å². The summed E-state index contributed by atoms with van der Waals surface area (Å²) in [5.41, 5.74) is 1.79. The molecule has 0 spiro atoms. The van der Waals surface area contributed by atoms with Crippen LogP contribution in [0.2, 0.25) is 0 Å². The third kappa shape index (κ3) is 5.03. The van der Waals surface area contributed by atoms with Crippen LogP contribution < -0.4 is 16.2 Å². The van der Waals surface area contributed by atoms with Crippen LogP contribution in [0.3, 0.4) is 0 Å². The monoisotopic (exact) mass is 408 g/mol. The predicted octanol–water partition coefficient (Wildman–Crippen LogP) is 2.28. The Hall–Kier alpha value is -3.65. The molecule has 0 radical (unpaired) electrons. The number of nitrogens with one attached hydrogen (secondary N) is 3. The molecule has 0 aliphatic heterocycles. The lowest BCUT2D eigenvalue weighted by molar-refractivity contribution is -0.117. The van der Waals surface area contributed by atoms with Crippen LogP contribution in [0, 0.1) is 5.82 Å². The van der Waals surface area contributed by atoms with Crippen LogP contribution in [-0.4, -0.2) is 34.7 Å². The summed E-state index contributed by atoms with van der Waals surface area (Å²) in [4.78, 5) is 43.6. The van der Waals surface area contributed by atoms with Gasteiger partial charge in [0, 0.05) is 35.6 Å². The van der Waals surface area contributed by atoms with E-state index in [2.05, 4.69) is 20.6 Å². The van der Waals surface area contributed by atoms with Crippen LogP contribution in [0.1, 0.15) is 34.1 Å². The van der Waals surface area contributed by atoms with E-state index in [1.807, 2.05) is 0 Å². The van der Waals surface area contributed by atoms with Gasteiger partial charge >= 0.3 is 0 Å². The minimum absolute atomic E-state index is 0.157. The van der Waals surface area contributed by atoms with E-state index in [1.165, 1.54) is 36.5 Å². The number of likely N-dealkylation sites (N-methyl/N-ethyl adjacent to an activating group) is 1. The Kier molecular flexibility index (Phi) is 6.48. The van der Waals surface area contributed by atoms with Crippen molar-refractivity contribution in [2.45, 2.75) is 19.4 Å². The van der Waals surface area contributed by atoms with E-state index in [4.69, 9.17) is 0 Å². The second-order valence-electron chi connectivity index (χ2n) is 6.82. The van der Waals surface area contributed by atoms with Gasteiger partial charge in [0.25, 0.3) is 5.56 Å². The third-order valence-electron chi connectivity index (χ3n) is 4.61. The molecule has 1 atom stereocenters. The number of carbonyl (C=O) groups is 2. The zero-order valence-corrected chi connectivity index (χ0v) is 16.5. The summed E-state index contributed by atoms with van der Waals surface area (Å²) in [6.07, 6.45) is 3.39. The zero-order chi connectivity index (χ0) is 21.7.